The van der Waals surface area contributed by atoms with Crippen LogP contribution in [0.25, 0.3) is 0 Å². The second kappa shape index (κ2) is 5.20. The van der Waals surface area contributed by atoms with Gasteiger partial charge in [0.05, 0.1) is 6.54 Å². The number of hydrogen-bond acceptors (Lipinski definition) is 4. The maximum atomic E-state index is 12.4. The molecule has 1 saturated carbocycles. The summed E-state index contributed by atoms with van der Waals surface area (Å²) < 4.78 is 33.0. The number of nitrogens with one attached hydrogen (secondary N) is 1. The first-order valence-corrected chi connectivity index (χ1v) is 8.54. The predicted molar refractivity (Wildman–Crippen MR) is 76.0 cm³/mol. The summed E-state index contributed by atoms with van der Waals surface area (Å²) in [6.07, 6.45) is 2.94. The highest BCUT2D eigenvalue weighted by Crippen LogP contribution is 2.38. The Morgan fingerprint density at radius 2 is 2.26 bits per heavy atom. The Balaban J connectivity index is 2.25. The molecular weight excluding hydrogens is 332 g/mol. The van der Waals surface area contributed by atoms with Crippen molar-refractivity contribution in [1.82, 2.24) is 4.72 Å². The molecule has 1 fully saturated rings. The molecule has 1 atom stereocenters. The second-order valence-corrected chi connectivity index (χ2v) is 8.01. The largest absolute Gasteiger partial charge is 0.452 e. The summed E-state index contributed by atoms with van der Waals surface area (Å²) in [6.45, 7) is 4.34. The van der Waals surface area contributed by atoms with Gasteiger partial charge in [-0.2, -0.15) is 0 Å². The molecule has 3 N–H and O–H groups in total. The Hall–Kier alpha value is -0.370. The van der Waals surface area contributed by atoms with Gasteiger partial charge in [0.1, 0.15) is 10.7 Å². The summed E-state index contributed by atoms with van der Waals surface area (Å²) in [4.78, 5) is 0.121. The highest BCUT2D eigenvalue weighted by Gasteiger charge is 2.38. The smallest absolute Gasteiger partial charge is 0.245 e. The van der Waals surface area contributed by atoms with E-state index in [-0.39, 0.29) is 27.6 Å². The standard InChI is InChI=1S/C12H19BrN2O3S/c1-12(2)5-3-4-10(12)15-19(16,17)9-6-8(7-14)18-11(9)13/h6,10,15H,3-5,7,14H2,1-2H3. The summed E-state index contributed by atoms with van der Waals surface area (Å²) >= 11 is 3.13. The van der Waals surface area contributed by atoms with Crippen molar-refractivity contribution in [1.29, 1.82) is 0 Å². The van der Waals surface area contributed by atoms with E-state index in [2.05, 4.69) is 34.5 Å². The number of rotatable bonds is 4. The minimum absolute atomic E-state index is 0.0139. The van der Waals surface area contributed by atoms with Crippen molar-refractivity contribution in [3.8, 4) is 0 Å². The molecule has 1 aromatic heterocycles. The van der Waals surface area contributed by atoms with Gasteiger partial charge in [-0.3, -0.25) is 0 Å². The van der Waals surface area contributed by atoms with Crippen LogP contribution in [-0.2, 0) is 16.6 Å². The molecule has 1 heterocycles. The van der Waals surface area contributed by atoms with E-state index in [1.54, 1.807) is 0 Å². The van der Waals surface area contributed by atoms with Crippen LogP contribution in [0.5, 0.6) is 0 Å². The predicted octanol–water partition coefficient (Wildman–Crippen LogP) is 2.36. The molecule has 1 aliphatic rings. The lowest BCUT2D eigenvalue weighted by atomic mass is 9.88. The van der Waals surface area contributed by atoms with Crippen LogP contribution in [0, 0.1) is 5.41 Å². The van der Waals surface area contributed by atoms with E-state index < -0.39 is 10.0 Å². The fraction of sp³-hybridized carbons (Fsp3) is 0.667. The van der Waals surface area contributed by atoms with E-state index in [1.165, 1.54) is 6.07 Å². The molecule has 19 heavy (non-hydrogen) atoms. The van der Waals surface area contributed by atoms with Gasteiger partial charge in [0.2, 0.25) is 10.0 Å². The lowest BCUT2D eigenvalue weighted by Gasteiger charge is -2.27. The van der Waals surface area contributed by atoms with Gasteiger partial charge in [-0.15, -0.1) is 0 Å². The van der Waals surface area contributed by atoms with Crippen LogP contribution in [0.15, 0.2) is 20.0 Å². The van der Waals surface area contributed by atoms with Crippen LogP contribution in [0.3, 0.4) is 0 Å². The lowest BCUT2D eigenvalue weighted by molar-refractivity contribution is 0.312. The Kier molecular flexibility index (Phi) is 4.11. The molecule has 5 nitrogen and oxygen atoms in total. The van der Waals surface area contributed by atoms with Gasteiger partial charge in [0.15, 0.2) is 4.67 Å². The lowest BCUT2D eigenvalue weighted by Crippen LogP contribution is -2.41. The van der Waals surface area contributed by atoms with Gasteiger partial charge >= 0.3 is 0 Å². The quantitative estimate of drug-likeness (QED) is 0.872. The van der Waals surface area contributed by atoms with Crippen molar-refractivity contribution in [2.24, 2.45) is 11.1 Å². The zero-order valence-corrected chi connectivity index (χ0v) is 13.5. The zero-order chi connectivity index (χ0) is 14.3. The van der Waals surface area contributed by atoms with Crippen molar-refractivity contribution in [3.63, 3.8) is 0 Å². The summed E-state index contributed by atoms with van der Waals surface area (Å²) in [7, 11) is -3.58. The molecule has 0 aliphatic heterocycles. The average Bonchev–Trinajstić information content (AvgIpc) is 2.83. The second-order valence-electron chi connectivity index (χ2n) is 5.61. The monoisotopic (exact) mass is 350 g/mol. The number of halogens is 1. The third-order valence-electron chi connectivity index (χ3n) is 3.75. The van der Waals surface area contributed by atoms with E-state index >= 15 is 0 Å². The fourth-order valence-corrected chi connectivity index (χ4v) is 4.92. The third kappa shape index (κ3) is 3.04. The van der Waals surface area contributed by atoms with Gasteiger partial charge in [-0.05, 0) is 34.2 Å². The molecule has 0 saturated heterocycles. The van der Waals surface area contributed by atoms with Crippen LogP contribution in [0.1, 0.15) is 38.9 Å². The first-order valence-electron chi connectivity index (χ1n) is 6.27. The van der Waals surface area contributed by atoms with Gasteiger partial charge in [0, 0.05) is 12.1 Å². The van der Waals surface area contributed by atoms with Crippen LogP contribution in [0.2, 0.25) is 0 Å². The van der Waals surface area contributed by atoms with Crippen LogP contribution in [-0.4, -0.2) is 14.5 Å². The fourth-order valence-electron chi connectivity index (χ4n) is 2.48. The van der Waals surface area contributed by atoms with Crippen molar-refractivity contribution < 1.29 is 12.8 Å². The Morgan fingerprint density at radius 3 is 2.74 bits per heavy atom. The number of hydrogen-bond donors (Lipinski definition) is 2. The van der Waals surface area contributed by atoms with E-state index in [0.717, 1.165) is 19.3 Å². The first kappa shape index (κ1) is 15.0. The summed E-state index contributed by atoms with van der Waals surface area (Å²) in [5, 5.41) is 0. The van der Waals surface area contributed by atoms with Crippen molar-refractivity contribution in [2.75, 3.05) is 0 Å². The van der Waals surface area contributed by atoms with E-state index in [0.29, 0.717) is 5.76 Å². The van der Waals surface area contributed by atoms with Gasteiger partial charge in [-0.25, -0.2) is 13.1 Å². The van der Waals surface area contributed by atoms with Gasteiger partial charge in [0.25, 0.3) is 0 Å². The summed E-state index contributed by atoms with van der Waals surface area (Å²) in [5.74, 6) is 0.443. The molecular formula is C12H19BrN2O3S. The Labute approximate surface area is 122 Å². The maximum absolute atomic E-state index is 12.4. The maximum Gasteiger partial charge on any atom is 0.245 e. The third-order valence-corrected chi connectivity index (χ3v) is 6.08. The van der Waals surface area contributed by atoms with Crippen LogP contribution < -0.4 is 10.5 Å². The molecule has 1 aliphatic carbocycles. The van der Waals surface area contributed by atoms with E-state index in [9.17, 15) is 8.42 Å². The molecule has 0 radical (unpaired) electrons. The van der Waals surface area contributed by atoms with Crippen LogP contribution >= 0.6 is 15.9 Å². The van der Waals surface area contributed by atoms with Crippen molar-refractivity contribution in [3.05, 3.63) is 16.5 Å². The van der Waals surface area contributed by atoms with Crippen molar-refractivity contribution >= 4 is 26.0 Å². The van der Waals surface area contributed by atoms with E-state index in [1.807, 2.05) is 0 Å². The van der Waals surface area contributed by atoms with Gasteiger partial charge in [-0.1, -0.05) is 20.3 Å². The minimum atomic E-state index is -3.58. The van der Waals surface area contributed by atoms with E-state index in [4.69, 9.17) is 10.2 Å². The Morgan fingerprint density at radius 1 is 1.58 bits per heavy atom. The number of furan rings is 1. The zero-order valence-electron chi connectivity index (χ0n) is 11.1. The normalized spacial score (nSPS) is 22.8. The van der Waals surface area contributed by atoms with Crippen LogP contribution in [0.4, 0.5) is 0 Å². The molecule has 0 spiro atoms. The highest BCUT2D eigenvalue weighted by atomic mass is 79.9. The molecule has 0 aromatic carbocycles. The molecule has 1 aromatic rings. The number of nitrogens with two attached hydrogens (primary N) is 1. The average molecular weight is 351 g/mol. The number of sulfonamides is 1. The topological polar surface area (TPSA) is 85.3 Å². The molecule has 7 heteroatoms. The van der Waals surface area contributed by atoms with Gasteiger partial charge < -0.3 is 10.2 Å². The SMILES string of the molecule is CC1(C)CCCC1NS(=O)(=O)c1cc(CN)oc1Br. The molecule has 108 valence electrons. The first-order chi connectivity index (χ1) is 8.76. The minimum Gasteiger partial charge on any atom is -0.452 e. The molecule has 2 rings (SSSR count). The molecule has 0 bridgehead atoms. The molecule has 0 amide bonds. The van der Waals surface area contributed by atoms with Crippen molar-refractivity contribution in [2.45, 2.75) is 50.6 Å². The summed E-state index contributed by atoms with van der Waals surface area (Å²) in [6, 6.07) is 1.43. The Bertz CT molecular complexity index is 566. The molecule has 1 unspecified atom stereocenters. The summed E-state index contributed by atoms with van der Waals surface area (Å²) in [5.41, 5.74) is 5.44. The highest BCUT2D eigenvalue weighted by molar-refractivity contribution is 9.10.